The summed E-state index contributed by atoms with van der Waals surface area (Å²) in [5.74, 6) is -0.0567. The molecule has 1 aliphatic rings. The molecule has 0 spiro atoms. The van der Waals surface area contributed by atoms with E-state index in [1.165, 1.54) is 6.07 Å². The van der Waals surface area contributed by atoms with Crippen molar-refractivity contribution in [2.45, 2.75) is 20.4 Å². The monoisotopic (exact) mass is 497 g/mol. The van der Waals surface area contributed by atoms with Crippen LogP contribution < -0.4 is 0 Å². The second-order valence-electron chi connectivity index (χ2n) is 7.15. The first-order chi connectivity index (χ1) is 12.8. The Hall–Kier alpha value is -1.67. The van der Waals surface area contributed by atoms with Crippen LogP contribution in [-0.2, 0) is 6.54 Å². The molecule has 7 heteroatoms. The molecule has 1 aromatic heterocycles. The maximum absolute atomic E-state index is 14.8. The summed E-state index contributed by atoms with van der Waals surface area (Å²) in [5.41, 5.74) is 2.95. The lowest BCUT2D eigenvalue weighted by atomic mass is 10.0. The highest BCUT2D eigenvalue weighted by atomic mass is 127. The maximum Gasteiger partial charge on any atom is 0.254 e. The molecule has 0 N–H and O–H groups in total. The van der Waals surface area contributed by atoms with Crippen molar-refractivity contribution in [3.05, 3.63) is 61.6 Å². The van der Waals surface area contributed by atoms with Gasteiger partial charge in [0.05, 0.1) is 17.4 Å². The molecule has 4 nitrogen and oxygen atoms in total. The van der Waals surface area contributed by atoms with Gasteiger partial charge in [-0.05, 0) is 64.8 Å². The minimum atomic E-state index is -0.420. The number of likely N-dealkylation sites (tertiary alicyclic amines) is 1. The SMILES string of the molecule is Cc1cccc(Cl)c1Cn1nc(I)c2c(F)cc(C(=O)N3CC(C)C3)cc21. The van der Waals surface area contributed by atoms with Crippen LogP contribution >= 0.6 is 34.2 Å². The zero-order chi connectivity index (χ0) is 19.3. The third kappa shape index (κ3) is 3.33. The van der Waals surface area contributed by atoms with Gasteiger partial charge in [-0.25, -0.2) is 4.39 Å². The molecular weight excluding hydrogens is 480 g/mol. The summed E-state index contributed by atoms with van der Waals surface area (Å²) < 4.78 is 17.1. The molecule has 1 amide bonds. The lowest BCUT2D eigenvalue weighted by Gasteiger charge is -2.37. The molecule has 3 aromatic rings. The fraction of sp³-hybridized carbons (Fsp3) is 0.300. The number of hydrogen-bond acceptors (Lipinski definition) is 2. The molecule has 27 heavy (non-hydrogen) atoms. The van der Waals surface area contributed by atoms with Crippen LogP contribution in [0.3, 0.4) is 0 Å². The summed E-state index contributed by atoms with van der Waals surface area (Å²) >= 11 is 8.38. The largest absolute Gasteiger partial charge is 0.338 e. The van der Waals surface area contributed by atoms with Crippen LogP contribution in [0.2, 0.25) is 5.02 Å². The molecule has 0 aliphatic carbocycles. The molecular formula is C20H18ClFIN3O. The average Bonchev–Trinajstić information content (AvgIpc) is 2.91. The normalized spacial score (nSPS) is 14.6. The van der Waals surface area contributed by atoms with E-state index >= 15 is 0 Å². The molecule has 4 rings (SSSR count). The highest BCUT2D eigenvalue weighted by Crippen LogP contribution is 2.29. The van der Waals surface area contributed by atoms with Crippen molar-refractivity contribution in [1.29, 1.82) is 0 Å². The number of amides is 1. The fourth-order valence-electron chi connectivity index (χ4n) is 3.52. The van der Waals surface area contributed by atoms with Gasteiger partial charge in [0.25, 0.3) is 5.91 Å². The van der Waals surface area contributed by atoms with Gasteiger partial charge in [-0.2, -0.15) is 5.10 Å². The lowest BCUT2D eigenvalue weighted by molar-refractivity contribution is 0.0530. The second kappa shape index (κ2) is 7.05. The smallest absolute Gasteiger partial charge is 0.254 e. The van der Waals surface area contributed by atoms with E-state index in [-0.39, 0.29) is 5.91 Å². The van der Waals surface area contributed by atoms with Gasteiger partial charge < -0.3 is 4.90 Å². The van der Waals surface area contributed by atoms with Crippen LogP contribution in [0.5, 0.6) is 0 Å². The quantitative estimate of drug-likeness (QED) is 0.484. The summed E-state index contributed by atoms with van der Waals surface area (Å²) in [6, 6.07) is 8.78. The number of fused-ring (bicyclic) bond motifs is 1. The van der Waals surface area contributed by atoms with Gasteiger partial charge in [-0.3, -0.25) is 9.48 Å². The summed E-state index contributed by atoms with van der Waals surface area (Å²) in [7, 11) is 0. The van der Waals surface area contributed by atoms with Crippen molar-refractivity contribution in [2.75, 3.05) is 13.1 Å². The van der Waals surface area contributed by atoms with E-state index in [1.54, 1.807) is 15.6 Å². The number of nitrogens with zero attached hydrogens (tertiary/aromatic N) is 3. The number of aryl methyl sites for hydroxylation is 1. The molecule has 0 saturated carbocycles. The van der Waals surface area contributed by atoms with E-state index in [9.17, 15) is 9.18 Å². The summed E-state index contributed by atoms with van der Waals surface area (Å²) in [6.07, 6.45) is 0. The highest BCUT2D eigenvalue weighted by molar-refractivity contribution is 14.1. The van der Waals surface area contributed by atoms with Crippen LogP contribution in [0.4, 0.5) is 4.39 Å². The van der Waals surface area contributed by atoms with Crippen LogP contribution in [0, 0.1) is 22.4 Å². The van der Waals surface area contributed by atoms with Gasteiger partial charge in [0, 0.05) is 23.7 Å². The van der Waals surface area contributed by atoms with E-state index in [2.05, 4.69) is 12.0 Å². The number of carbonyl (C=O) groups excluding carboxylic acids is 1. The molecule has 1 fully saturated rings. The van der Waals surface area contributed by atoms with Crippen molar-refractivity contribution >= 4 is 51.0 Å². The minimum absolute atomic E-state index is 0.134. The zero-order valence-corrected chi connectivity index (χ0v) is 17.9. The maximum atomic E-state index is 14.8. The summed E-state index contributed by atoms with van der Waals surface area (Å²) in [4.78, 5) is 14.4. The Balaban J connectivity index is 1.78. The highest BCUT2D eigenvalue weighted by Gasteiger charge is 2.29. The molecule has 0 unspecified atom stereocenters. The Bertz CT molecular complexity index is 1040. The molecule has 2 aromatic carbocycles. The molecule has 1 saturated heterocycles. The second-order valence-corrected chi connectivity index (χ2v) is 8.58. The fourth-order valence-corrected chi connectivity index (χ4v) is 4.59. The molecule has 0 radical (unpaired) electrons. The van der Waals surface area contributed by atoms with E-state index in [0.717, 1.165) is 11.1 Å². The Morgan fingerprint density at radius 3 is 2.78 bits per heavy atom. The minimum Gasteiger partial charge on any atom is -0.338 e. The Morgan fingerprint density at radius 2 is 2.11 bits per heavy atom. The molecule has 1 aliphatic heterocycles. The first-order valence-electron chi connectivity index (χ1n) is 8.74. The zero-order valence-electron chi connectivity index (χ0n) is 15.0. The van der Waals surface area contributed by atoms with Gasteiger partial charge in [-0.1, -0.05) is 30.7 Å². The van der Waals surface area contributed by atoms with Crippen LogP contribution in [0.15, 0.2) is 30.3 Å². The van der Waals surface area contributed by atoms with Gasteiger partial charge in [0.15, 0.2) is 0 Å². The summed E-state index contributed by atoms with van der Waals surface area (Å²) in [6.45, 7) is 5.93. The number of aromatic nitrogens is 2. The number of halogens is 3. The standard InChI is InChI=1S/C20H18ClFIN3O/c1-11-8-25(9-11)20(27)13-6-16(22)18-17(7-13)26(24-19(18)23)10-14-12(2)4-3-5-15(14)21/h3-7,11H,8-10H2,1-2H3. The first kappa shape index (κ1) is 18.7. The Morgan fingerprint density at radius 1 is 1.37 bits per heavy atom. The Labute approximate surface area is 175 Å². The first-order valence-corrected chi connectivity index (χ1v) is 10.2. The van der Waals surface area contributed by atoms with E-state index < -0.39 is 5.82 Å². The van der Waals surface area contributed by atoms with E-state index in [1.807, 2.05) is 47.7 Å². The van der Waals surface area contributed by atoms with Crippen molar-refractivity contribution in [1.82, 2.24) is 14.7 Å². The van der Waals surface area contributed by atoms with E-state index in [0.29, 0.717) is 50.7 Å². The van der Waals surface area contributed by atoms with Crippen molar-refractivity contribution in [2.24, 2.45) is 5.92 Å². The number of hydrogen-bond donors (Lipinski definition) is 0. The van der Waals surface area contributed by atoms with Gasteiger partial charge >= 0.3 is 0 Å². The molecule has 0 atom stereocenters. The average molecular weight is 498 g/mol. The van der Waals surface area contributed by atoms with Crippen molar-refractivity contribution in [3.8, 4) is 0 Å². The number of carbonyl (C=O) groups is 1. The predicted octanol–water partition coefficient (Wildman–Crippen LogP) is 4.88. The van der Waals surface area contributed by atoms with Gasteiger partial charge in [-0.15, -0.1) is 0 Å². The molecule has 0 bridgehead atoms. The van der Waals surface area contributed by atoms with Gasteiger partial charge in [0.1, 0.15) is 9.52 Å². The van der Waals surface area contributed by atoms with Gasteiger partial charge in [0.2, 0.25) is 0 Å². The van der Waals surface area contributed by atoms with Crippen LogP contribution in [-0.4, -0.2) is 33.7 Å². The third-order valence-corrected chi connectivity index (χ3v) is 6.13. The third-order valence-electron chi connectivity index (χ3n) is 5.02. The number of benzene rings is 2. The topological polar surface area (TPSA) is 38.1 Å². The van der Waals surface area contributed by atoms with Crippen molar-refractivity contribution < 1.29 is 9.18 Å². The molecule has 2 heterocycles. The molecule has 140 valence electrons. The lowest BCUT2D eigenvalue weighted by Crippen LogP contribution is -2.48. The van der Waals surface area contributed by atoms with Crippen LogP contribution in [0.1, 0.15) is 28.4 Å². The van der Waals surface area contributed by atoms with Crippen LogP contribution in [0.25, 0.3) is 10.9 Å². The predicted molar refractivity (Wildman–Crippen MR) is 113 cm³/mol. The van der Waals surface area contributed by atoms with Crippen molar-refractivity contribution in [3.63, 3.8) is 0 Å². The van der Waals surface area contributed by atoms with E-state index in [4.69, 9.17) is 11.6 Å². The Kier molecular flexibility index (Phi) is 4.88. The number of rotatable bonds is 3. The summed E-state index contributed by atoms with van der Waals surface area (Å²) in [5, 5.41) is 5.59.